The monoisotopic (exact) mass is 300 g/mol. The molecule has 3 aromatic rings. The zero-order valence-electron chi connectivity index (χ0n) is 11.5. The molecule has 3 rings (SSSR count). The lowest BCUT2D eigenvalue weighted by Gasteiger charge is -2.19. The molecule has 106 valence electrons. The van der Waals surface area contributed by atoms with E-state index in [1.807, 2.05) is 31.4 Å². The number of nitrogens with zero attached hydrogens (tertiary/aromatic N) is 1. The second-order valence-corrected chi connectivity index (χ2v) is 5.25. The van der Waals surface area contributed by atoms with Gasteiger partial charge in [0.05, 0.1) is 11.1 Å². The number of hydrogen-bond donors (Lipinski definition) is 1. The predicted octanol–water partition coefficient (Wildman–Crippen LogP) is 4.34. The highest BCUT2D eigenvalue weighted by molar-refractivity contribution is 6.30. The molecule has 4 heteroatoms. The molecule has 2 aromatic carbocycles. The summed E-state index contributed by atoms with van der Waals surface area (Å²) in [7, 11) is 1.88. The third kappa shape index (κ3) is 2.62. The van der Waals surface area contributed by atoms with Crippen molar-refractivity contribution in [3.8, 4) is 0 Å². The Balaban J connectivity index is 2.16. The van der Waals surface area contributed by atoms with Gasteiger partial charge in [-0.15, -0.1) is 0 Å². The molecule has 0 bridgehead atoms. The summed E-state index contributed by atoms with van der Waals surface area (Å²) in [5.74, 6) is -0.405. The van der Waals surface area contributed by atoms with Gasteiger partial charge < -0.3 is 5.32 Å². The lowest BCUT2D eigenvalue weighted by molar-refractivity contribution is 0.624. The first-order valence-corrected chi connectivity index (χ1v) is 7.03. The molecule has 1 heterocycles. The molecule has 1 aromatic heterocycles. The molecule has 21 heavy (non-hydrogen) atoms. The molecule has 0 saturated carbocycles. The van der Waals surface area contributed by atoms with E-state index >= 15 is 0 Å². The van der Waals surface area contributed by atoms with Crippen molar-refractivity contribution in [2.75, 3.05) is 7.05 Å². The molecule has 1 N–H and O–H groups in total. The molecule has 0 saturated heterocycles. The summed E-state index contributed by atoms with van der Waals surface area (Å²) in [6.45, 7) is 0. The number of aromatic nitrogens is 1. The Kier molecular flexibility index (Phi) is 3.86. The number of pyridine rings is 1. The lowest BCUT2D eigenvalue weighted by Crippen LogP contribution is -2.18. The van der Waals surface area contributed by atoms with Crippen LogP contribution in [0.5, 0.6) is 0 Å². The summed E-state index contributed by atoms with van der Waals surface area (Å²) >= 11 is 5.91. The number of fused-ring (bicyclic) bond motifs is 1. The summed E-state index contributed by atoms with van der Waals surface area (Å²) in [5, 5.41) is 5.60. The topological polar surface area (TPSA) is 24.9 Å². The van der Waals surface area contributed by atoms with Crippen LogP contribution in [-0.4, -0.2) is 12.0 Å². The van der Waals surface area contributed by atoms with Gasteiger partial charge in [-0.1, -0.05) is 35.9 Å². The maximum atomic E-state index is 13.4. The van der Waals surface area contributed by atoms with Crippen LogP contribution < -0.4 is 5.32 Å². The van der Waals surface area contributed by atoms with Crippen molar-refractivity contribution in [2.45, 2.75) is 6.04 Å². The molecule has 1 unspecified atom stereocenters. The first kappa shape index (κ1) is 14.0. The highest BCUT2D eigenvalue weighted by Crippen LogP contribution is 2.30. The van der Waals surface area contributed by atoms with Gasteiger partial charge in [0.15, 0.2) is 0 Å². The summed E-state index contributed by atoms with van der Waals surface area (Å²) in [4.78, 5) is 4.15. The third-order valence-electron chi connectivity index (χ3n) is 3.59. The minimum Gasteiger partial charge on any atom is -0.309 e. The number of rotatable bonds is 3. The zero-order valence-corrected chi connectivity index (χ0v) is 12.2. The maximum absolute atomic E-state index is 13.4. The second kappa shape index (κ2) is 5.80. The molecular weight excluding hydrogens is 287 g/mol. The highest BCUT2D eigenvalue weighted by Gasteiger charge is 2.16. The fraction of sp³-hybridized carbons (Fsp3) is 0.118. The van der Waals surface area contributed by atoms with Gasteiger partial charge in [0, 0.05) is 17.8 Å². The van der Waals surface area contributed by atoms with E-state index in [0.717, 1.165) is 21.9 Å². The standard InChI is InChI=1S/C17H14ClFN2/c1-20-17(11-5-6-16(19)15(18)9-11)14-4-2-3-12-10-21-8-7-13(12)14/h2-10,17,20H,1H3. The number of benzene rings is 2. The molecule has 0 spiro atoms. The number of halogens is 2. The summed E-state index contributed by atoms with van der Waals surface area (Å²) in [6, 6.07) is 12.8. The average molecular weight is 301 g/mol. The molecule has 2 nitrogen and oxygen atoms in total. The Morgan fingerprint density at radius 2 is 2.05 bits per heavy atom. The lowest BCUT2D eigenvalue weighted by atomic mass is 9.94. The van der Waals surface area contributed by atoms with E-state index in [1.54, 1.807) is 18.3 Å². The Hall–Kier alpha value is -1.97. The van der Waals surface area contributed by atoms with Crippen LogP contribution in [0.2, 0.25) is 5.02 Å². The van der Waals surface area contributed by atoms with E-state index in [2.05, 4.69) is 16.4 Å². The third-order valence-corrected chi connectivity index (χ3v) is 3.88. The van der Waals surface area contributed by atoms with Gasteiger partial charge in [-0.25, -0.2) is 4.39 Å². The predicted molar refractivity (Wildman–Crippen MR) is 84.1 cm³/mol. The van der Waals surface area contributed by atoms with Crippen LogP contribution in [0.15, 0.2) is 54.9 Å². The van der Waals surface area contributed by atoms with Gasteiger partial charge in [0.2, 0.25) is 0 Å². The van der Waals surface area contributed by atoms with Crippen LogP contribution in [0.1, 0.15) is 17.2 Å². The fourth-order valence-corrected chi connectivity index (χ4v) is 2.78. The number of nitrogens with one attached hydrogen (secondary N) is 1. The summed E-state index contributed by atoms with van der Waals surface area (Å²) in [6.07, 6.45) is 3.61. The van der Waals surface area contributed by atoms with Crippen molar-refractivity contribution in [3.05, 3.63) is 76.8 Å². The fourth-order valence-electron chi connectivity index (χ4n) is 2.59. The van der Waals surface area contributed by atoms with E-state index < -0.39 is 5.82 Å². The van der Waals surface area contributed by atoms with E-state index in [-0.39, 0.29) is 11.1 Å². The molecule has 1 atom stereocenters. The van der Waals surface area contributed by atoms with Gasteiger partial charge in [0.25, 0.3) is 0 Å². The van der Waals surface area contributed by atoms with Gasteiger partial charge in [-0.3, -0.25) is 4.98 Å². The van der Waals surface area contributed by atoms with E-state index in [9.17, 15) is 4.39 Å². The van der Waals surface area contributed by atoms with Gasteiger partial charge in [-0.2, -0.15) is 0 Å². The van der Waals surface area contributed by atoms with Crippen LogP contribution in [0.25, 0.3) is 10.8 Å². The summed E-state index contributed by atoms with van der Waals surface area (Å²) in [5.41, 5.74) is 2.04. The van der Waals surface area contributed by atoms with Gasteiger partial charge >= 0.3 is 0 Å². The van der Waals surface area contributed by atoms with Crippen LogP contribution in [-0.2, 0) is 0 Å². The molecular formula is C17H14ClFN2. The van der Waals surface area contributed by atoms with Gasteiger partial charge in [-0.05, 0) is 41.8 Å². The van der Waals surface area contributed by atoms with E-state index in [0.29, 0.717) is 0 Å². The maximum Gasteiger partial charge on any atom is 0.141 e. The Morgan fingerprint density at radius 3 is 2.81 bits per heavy atom. The zero-order chi connectivity index (χ0) is 14.8. The molecule has 0 aliphatic rings. The highest BCUT2D eigenvalue weighted by atomic mass is 35.5. The molecule has 0 fully saturated rings. The van der Waals surface area contributed by atoms with Crippen molar-refractivity contribution in [1.29, 1.82) is 0 Å². The first-order chi connectivity index (χ1) is 10.2. The van der Waals surface area contributed by atoms with Crippen LogP contribution in [0, 0.1) is 5.82 Å². The van der Waals surface area contributed by atoms with Crippen molar-refractivity contribution in [3.63, 3.8) is 0 Å². The van der Waals surface area contributed by atoms with Crippen LogP contribution in [0.3, 0.4) is 0 Å². The Morgan fingerprint density at radius 1 is 1.19 bits per heavy atom. The van der Waals surface area contributed by atoms with Crippen molar-refractivity contribution in [1.82, 2.24) is 10.3 Å². The van der Waals surface area contributed by atoms with Gasteiger partial charge in [0.1, 0.15) is 5.82 Å². The van der Waals surface area contributed by atoms with Crippen molar-refractivity contribution < 1.29 is 4.39 Å². The van der Waals surface area contributed by atoms with Crippen molar-refractivity contribution in [2.24, 2.45) is 0 Å². The van der Waals surface area contributed by atoms with E-state index in [4.69, 9.17) is 11.6 Å². The van der Waals surface area contributed by atoms with Crippen LogP contribution in [0.4, 0.5) is 4.39 Å². The molecule has 0 aliphatic carbocycles. The minimum absolute atomic E-state index is 0.0609. The molecule has 0 amide bonds. The SMILES string of the molecule is CNC(c1ccc(F)c(Cl)c1)c1cccc2cnccc12. The van der Waals surface area contributed by atoms with Crippen molar-refractivity contribution >= 4 is 22.4 Å². The van der Waals surface area contributed by atoms with Crippen LogP contribution >= 0.6 is 11.6 Å². The number of hydrogen-bond acceptors (Lipinski definition) is 2. The summed E-state index contributed by atoms with van der Waals surface area (Å²) < 4.78 is 13.4. The molecule has 0 aliphatic heterocycles. The van der Waals surface area contributed by atoms with E-state index in [1.165, 1.54) is 6.07 Å². The normalized spacial score (nSPS) is 12.5. The Labute approximate surface area is 127 Å². The average Bonchev–Trinajstić information content (AvgIpc) is 2.52. The second-order valence-electron chi connectivity index (χ2n) is 4.84. The Bertz CT molecular complexity index is 783. The quantitative estimate of drug-likeness (QED) is 0.778. The smallest absolute Gasteiger partial charge is 0.141 e. The minimum atomic E-state index is -0.405. The molecule has 0 radical (unpaired) electrons. The largest absolute Gasteiger partial charge is 0.309 e. The first-order valence-electron chi connectivity index (χ1n) is 6.65.